The van der Waals surface area contributed by atoms with E-state index in [1.165, 1.54) is 0 Å². The SMILES string of the molecule is CCCNc1ccc(C)cc1C(=O)N(C)C(C)(C)CC. The molecular formula is C17H28N2O. The van der Waals surface area contributed by atoms with E-state index in [1.807, 2.05) is 37.1 Å². The number of aryl methyl sites for hydroxylation is 1. The van der Waals surface area contributed by atoms with E-state index in [0.717, 1.165) is 36.2 Å². The van der Waals surface area contributed by atoms with Gasteiger partial charge in [0.1, 0.15) is 0 Å². The number of nitrogens with one attached hydrogen (secondary N) is 1. The van der Waals surface area contributed by atoms with Crippen LogP contribution in [-0.2, 0) is 0 Å². The van der Waals surface area contributed by atoms with Crippen molar-refractivity contribution in [1.29, 1.82) is 0 Å². The van der Waals surface area contributed by atoms with Gasteiger partial charge in [0.05, 0.1) is 5.56 Å². The fourth-order valence-electron chi connectivity index (χ4n) is 1.94. The first-order valence-electron chi connectivity index (χ1n) is 7.46. The van der Waals surface area contributed by atoms with Crippen molar-refractivity contribution < 1.29 is 4.79 Å². The molecule has 20 heavy (non-hydrogen) atoms. The maximum atomic E-state index is 12.8. The zero-order valence-electron chi connectivity index (χ0n) is 13.7. The van der Waals surface area contributed by atoms with Gasteiger partial charge in [0.2, 0.25) is 0 Å². The molecule has 3 nitrogen and oxygen atoms in total. The van der Waals surface area contributed by atoms with Gasteiger partial charge in [-0.05, 0) is 45.7 Å². The summed E-state index contributed by atoms with van der Waals surface area (Å²) in [5.41, 5.74) is 2.67. The molecule has 1 aromatic carbocycles. The standard InChI is InChI=1S/C17H28N2O/c1-7-11-18-15-10-9-13(3)12-14(15)16(20)19(6)17(4,5)8-2/h9-10,12,18H,7-8,11H2,1-6H3. The molecule has 0 bridgehead atoms. The van der Waals surface area contributed by atoms with E-state index in [9.17, 15) is 4.79 Å². The maximum Gasteiger partial charge on any atom is 0.256 e. The molecule has 112 valence electrons. The van der Waals surface area contributed by atoms with Crippen LogP contribution >= 0.6 is 0 Å². The van der Waals surface area contributed by atoms with Crippen LogP contribution in [0.15, 0.2) is 18.2 Å². The van der Waals surface area contributed by atoms with Crippen LogP contribution in [0.2, 0.25) is 0 Å². The molecule has 0 spiro atoms. The lowest BCUT2D eigenvalue weighted by molar-refractivity contribution is 0.0621. The second-order valence-corrected chi connectivity index (χ2v) is 6.01. The third kappa shape index (κ3) is 3.75. The Morgan fingerprint density at radius 3 is 2.50 bits per heavy atom. The van der Waals surface area contributed by atoms with Crippen LogP contribution in [0.4, 0.5) is 5.69 Å². The quantitative estimate of drug-likeness (QED) is 0.849. The molecule has 0 aliphatic carbocycles. The molecule has 0 aliphatic rings. The summed E-state index contributed by atoms with van der Waals surface area (Å²) in [5.74, 6) is 0.0825. The lowest BCUT2D eigenvalue weighted by Gasteiger charge is -2.35. The predicted octanol–water partition coefficient (Wildman–Crippen LogP) is 4.08. The van der Waals surface area contributed by atoms with Gasteiger partial charge in [-0.1, -0.05) is 25.5 Å². The van der Waals surface area contributed by atoms with E-state index in [2.05, 4.69) is 33.0 Å². The van der Waals surface area contributed by atoms with Gasteiger partial charge in [-0.15, -0.1) is 0 Å². The van der Waals surface area contributed by atoms with Crippen molar-refractivity contribution in [2.75, 3.05) is 18.9 Å². The minimum absolute atomic E-state index is 0.0825. The van der Waals surface area contributed by atoms with Crippen LogP contribution < -0.4 is 5.32 Å². The van der Waals surface area contributed by atoms with Crippen molar-refractivity contribution in [2.45, 2.75) is 53.0 Å². The molecule has 3 heteroatoms. The summed E-state index contributed by atoms with van der Waals surface area (Å²) in [7, 11) is 1.89. The second kappa shape index (κ2) is 6.78. The molecule has 0 radical (unpaired) electrons. The summed E-state index contributed by atoms with van der Waals surface area (Å²) < 4.78 is 0. The van der Waals surface area contributed by atoms with Crippen LogP contribution in [-0.4, -0.2) is 29.9 Å². The van der Waals surface area contributed by atoms with Gasteiger partial charge in [0.15, 0.2) is 0 Å². The first kappa shape index (κ1) is 16.5. The normalized spacial score (nSPS) is 11.3. The molecule has 0 atom stereocenters. The van der Waals surface area contributed by atoms with E-state index >= 15 is 0 Å². The number of carbonyl (C=O) groups excluding carboxylic acids is 1. The molecule has 0 aliphatic heterocycles. The average Bonchev–Trinajstić information content (AvgIpc) is 2.44. The van der Waals surface area contributed by atoms with Gasteiger partial charge < -0.3 is 10.2 Å². The molecule has 0 aromatic heterocycles. The molecule has 0 fully saturated rings. The number of hydrogen-bond acceptors (Lipinski definition) is 2. The Morgan fingerprint density at radius 2 is 1.95 bits per heavy atom. The smallest absolute Gasteiger partial charge is 0.256 e. The van der Waals surface area contributed by atoms with Crippen LogP contribution in [0, 0.1) is 6.92 Å². The number of nitrogens with zero attached hydrogens (tertiary/aromatic N) is 1. The van der Waals surface area contributed by atoms with Crippen molar-refractivity contribution in [2.24, 2.45) is 0 Å². The highest BCUT2D eigenvalue weighted by atomic mass is 16.2. The van der Waals surface area contributed by atoms with Crippen LogP contribution in [0.1, 0.15) is 56.5 Å². The van der Waals surface area contributed by atoms with Gasteiger partial charge in [0.25, 0.3) is 5.91 Å². The topological polar surface area (TPSA) is 32.3 Å². The zero-order valence-corrected chi connectivity index (χ0v) is 13.7. The minimum Gasteiger partial charge on any atom is -0.384 e. The Labute approximate surface area is 123 Å². The highest BCUT2D eigenvalue weighted by Crippen LogP contribution is 2.24. The Bertz CT molecular complexity index is 466. The number of benzene rings is 1. The van der Waals surface area contributed by atoms with Crippen molar-refractivity contribution >= 4 is 11.6 Å². The number of amides is 1. The Hall–Kier alpha value is -1.51. The Kier molecular flexibility index (Phi) is 5.61. The summed E-state index contributed by atoms with van der Waals surface area (Å²) in [4.78, 5) is 14.6. The first-order chi connectivity index (χ1) is 9.33. The second-order valence-electron chi connectivity index (χ2n) is 6.01. The van der Waals surface area contributed by atoms with E-state index < -0.39 is 0 Å². The summed E-state index contributed by atoms with van der Waals surface area (Å²) >= 11 is 0. The summed E-state index contributed by atoms with van der Waals surface area (Å²) in [6.45, 7) is 11.3. The lowest BCUT2D eigenvalue weighted by atomic mass is 9.98. The fourth-order valence-corrected chi connectivity index (χ4v) is 1.94. The van der Waals surface area contributed by atoms with Crippen LogP contribution in [0.3, 0.4) is 0 Å². The van der Waals surface area contributed by atoms with Gasteiger partial charge in [-0.25, -0.2) is 0 Å². The maximum absolute atomic E-state index is 12.8. The summed E-state index contributed by atoms with van der Waals surface area (Å²) in [5, 5.41) is 3.35. The van der Waals surface area contributed by atoms with Crippen molar-refractivity contribution in [3.63, 3.8) is 0 Å². The zero-order chi connectivity index (χ0) is 15.3. The van der Waals surface area contributed by atoms with Crippen LogP contribution in [0.25, 0.3) is 0 Å². The van der Waals surface area contributed by atoms with Crippen LogP contribution in [0.5, 0.6) is 0 Å². The number of rotatable bonds is 6. The van der Waals surface area contributed by atoms with Crippen molar-refractivity contribution in [1.82, 2.24) is 4.90 Å². The summed E-state index contributed by atoms with van der Waals surface area (Å²) in [6.07, 6.45) is 1.97. The largest absolute Gasteiger partial charge is 0.384 e. The summed E-state index contributed by atoms with van der Waals surface area (Å²) in [6, 6.07) is 6.02. The third-order valence-electron chi connectivity index (χ3n) is 4.05. The number of carbonyl (C=O) groups is 1. The molecule has 1 N–H and O–H groups in total. The van der Waals surface area contributed by atoms with E-state index in [1.54, 1.807) is 0 Å². The molecule has 0 unspecified atom stereocenters. The fraction of sp³-hybridized carbons (Fsp3) is 0.588. The first-order valence-corrected chi connectivity index (χ1v) is 7.46. The molecule has 1 aromatic rings. The highest BCUT2D eigenvalue weighted by molar-refractivity contribution is 6.00. The van der Waals surface area contributed by atoms with Gasteiger partial charge in [-0.2, -0.15) is 0 Å². The predicted molar refractivity (Wildman–Crippen MR) is 86.4 cm³/mol. The highest BCUT2D eigenvalue weighted by Gasteiger charge is 2.27. The van der Waals surface area contributed by atoms with Gasteiger partial charge in [-0.3, -0.25) is 4.79 Å². The monoisotopic (exact) mass is 276 g/mol. The van der Waals surface area contributed by atoms with E-state index in [0.29, 0.717) is 0 Å². The molecule has 1 rings (SSSR count). The minimum atomic E-state index is -0.136. The number of anilines is 1. The Balaban J connectivity index is 3.10. The molecule has 1 amide bonds. The number of hydrogen-bond donors (Lipinski definition) is 1. The Morgan fingerprint density at radius 1 is 1.30 bits per heavy atom. The molecule has 0 saturated heterocycles. The van der Waals surface area contributed by atoms with Crippen molar-refractivity contribution in [3.8, 4) is 0 Å². The van der Waals surface area contributed by atoms with E-state index in [4.69, 9.17) is 0 Å². The third-order valence-corrected chi connectivity index (χ3v) is 4.05. The van der Waals surface area contributed by atoms with E-state index in [-0.39, 0.29) is 11.4 Å². The molecule has 0 saturated carbocycles. The molecule has 0 heterocycles. The van der Waals surface area contributed by atoms with Crippen molar-refractivity contribution in [3.05, 3.63) is 29.3 Å². The molecular weight excluding hydrogens is 248 g/mol. The van der Waals surface area contributed by atoms with Gasteiger partial charge in [0, 0.05) is 24.8 Å². The average molecular weight is 276 g/mol. The van der Waals surface area contributed by atoms with Gasteiger partial charge >= 0.3 is 0 Å². The lowest BCUT2D eigenvalue weighted by Crippen LogP contribution is -2.44.